The summed E-state index contributed by atoms with van der Waals surface area (Å²) in [6, 6.07) is 3.02. The number of benzene rings is 1. The number of hydrogen-bond donors (Lipinski definition) is 1. The monoisotopic (exact) mass is 259 g/mol. The van der Waals surface area contributed by atoms with Crippen molar-refractivity contribution in [1.29, 1.82) is 0 Å². The van der Waals surface area contributed by atoms with Crippen molar-refractivity contribution in [1.82, 2.24) is 5.32 Å². The summed E-state index contributed by atoms with van der Waals surface area (Å²) in [6.45, 7) is 3.87. The average Bonchev–Trinajstić information content (AvgIpc) is 2.24. The number of carbonyl (C=O) groups excluding carboxylic acids is 1. The molecule has 1 aromatic carbocycles. The predicted molar refractivity (Wildman–Crippen MR) is 65.5 cm³/mol. The number of carbonyl (C=O) groups is 1. The maximum atomic E-state index is 11.7. The first-order valence-electron chi connectivity index (χ1n) is 4.52. The van der Waals surface area contributed by atoms with E-state index in [1.165, 1.54) is 19.2 Å². The van der Waals surface area contributed by atoms with Crippen LogP contribution in [0, 0.1) is 0 Å². The first-order chi connectivity index (χ1) is 7.60. The third-order valence-electron chi connectivity index (χ3n) is 1.86. The van der Waals surface area contributed by atoms with Gasteiger partial charge >= 0.3 is 0 Å². The van der Waals surface area contributed by atoms with E-state index in [1.54, 1.807) is 6.08 Å². The Kier molecular flexibility index (Phi) is 4.65. The molecule has 3 nitrogen and oxygen atoms in total. The lowest BCUT2D eigenvalue weighted by atomic mass is 10.2. The second-order valence-electron chi connectivity index (χ2n) is 2.97. The Balaban J connectivity index is 3.10. The largest absolute Gasteiger partial charge is 0.494 e. The zero-order valence-corrected chi connectivity index (χ0v) is 10.2. The lowest BCUT2D eigenvalue weighted by Crippen LogP contribution is -2.23. The molecular formula is C11H11Cl2NO2. The quantitative estimate of drug-likeness (QED) is 0.845. The molecule has 1 N–H and O–H groups in total. The standard InChI is InChI=1S/C11H11Cl2NO2/c1-3-4-14-11(15)8-5-7(12)6-9(13)10(8)16-2/h3,5-6H,1,4H2,2H3,(H,14,15). The van der Waals surface area contributed by atoms with Gasteiger partial charge in [0.1, 0.15) is 5.75 Å². The Morgan fingerprint density at radius 2 is 2.25 bits per heavy atom. The van der Waals surface area contributed by atoms with Gasteiger partial charge < -0.3 is 10.1 Å². The van der Waals surface area contributed by atoms with Crippen molar-refractivity contribution >= 4 is 29.1 Å². The summed E-state index contributed by atoms with van der Waals surface area (Å²) in [7, 11) is 1.44. The summed E-state index contributed by atoms with van der Waals surface area (Å²) in [5.74, 6) is 0.00813. The summed E-state index contributed by atoms with van der Waals surface area (Å²) < 4.78 is 5.05. The summed E-state index contributed by atoms with van der Waals surface area (Å²) in [4.78, 5) is 11.7. The highest BCUT2D eigenvalue weighted by atomic mass is 35.5. The first kappa shape index (κ1) is 12.9. The minimum atomic E-state index is -0.304. The summed E-state index contributed by atoms with van der Waals surface area (Å²) in [5, 5.41) is 3.31. The van der Waals surface area contributed by atoms with Crippen molar-refractivity contribution < 1.29 is 9.53 Å². The van der Waals surface area contributed by atoms with Crippen LogP contribution in [0.5, 0.6) is 5.75 Å². The van der Waals surface area contributed by atoms with Crippen molar-refractivity contribution in [2.24, 2.45) is 0 Å². The van der Waals surface area contributed by atoms with Crippen LogP contribution in [-0.2, 0) is 0 Å². The van der Waals surface area contributed by atoms with Gasteiger partial charge in [-0.15, -0.1) is 6.58 Å². The Morgan fingerprint density at radius 3 is 2.81 bits per heavy atom. The van der Waals surface area contributed by atoms with E-state index in [0.717, 1.165) is 0 Å². The number of rotatable bonds is 4. The highest BCUT2D eigenvalue weighted by Crippen LogP contribution is 2.31. The number of nitrogens with one attached hydrogen (secondary N) is 1. The topological polar surface area (TPSA) is 38.3 Å². The molecule has 1 aromatic rings. The summed E-state index contributed by atoms with van der Waals surface area (Å²) >= 11 is 11.7. The fourth-order valence-electron chi connectivity index (χ4n) is 1.20. The van der Waals surface area contributed by atoms with Gasteiger partial charge in [-0.3, -0.25) is 4.79 Å². The van der Waals surface area contributed by atoms with E-state index in [2.05, 4.69) is 11.9 Å². The molecule has 0 fully saturated rings. The van der Waals surface area contributed by atoms with Gasteiger partial charge in [-0.05, 0) is 12.1 Å². The van der Waals surface area contributed by atoms with Gasteiger partial charge in [-0.2, -0.15) is 0 Å². The molecule has 1 rings (SSSR count). The molecule has 16 heavy (non-hydrogen) atoms. The van der Waals surface area contributed by atoms with E-state index >= 15 is 0 Å². The van der Waals surface area contributed by atoms with Crippen LogP contribution in [0.2, 0.25) is 10.0 Å². The summed E-state index contributed by atoms with van der Waals surface area (Å²) in [6.07, 6.45) is 1.58. The lowest BCUT2D eigenvalue weighted by Gasteiger charge is -2.10. The molecule has 0 atom stereocenters. The molecule has 1 amide bonds. The van der Waals surface area contributed by atoms with Gasteiger partial charge in [0.2, 0.25) is 0 Å². The van der Waals surface area contributed by atoms with Gasteiger partial charge in [-0.25, -0.2) is 0 Å². The molecule has 0 aliphatic heterocycles. The minimum absolute atomic E-state index is 0.304. The molecular weight excluding hydrogens is 249 g/mol. The molecule has 0 unspecified atom stereocenters. The van der Waals surface area contributed by atoms with Crippen LogP contribution in [0.25, 0.3) is 0 Å². The maximum absolute atomic E-state index is 11.7. The third-order valence-corrected chi connectivity index (χ3v) is 2.36. The molecule has 0 aliphatic rings. The average molecular weight is 260 g/mol. The number of halogens is 2. The van der Waals surface area contributed by atoms with Gasteiger partial charge in [0.25, 0.3) is 5.91 Å². The van der Waals surface area contributed by atoms with E-state index in [4.69, 9.17) is 27.9 Å². The molecule has 0 spiro atoms. The van der Waals surface area contributed by atoms with Crippen LogP contribution >= 0.6 is 23.2 Å². The predicted octanol–water partition coefficient (Wildman–Crippen LogP) is 2.92. The molecule has 0 heterocycles. The minimum Gasteiger partial charge on any atom is -0.494 e. The fourth-order valence-corrected chi connectivity index (χ4v) is 1.77. The SMILES string of the molecule is C=CCNC(=O)c1cc(Cl)cc(Cl)c1OC. The van der Waals surface area contributed by atoms with Crippen molar-refractivity contribution in [3.8, 4) is 5.75 Å². The van der Waals surface area contributed by atoms with E-state index in [9.17, 15) is 4.79 Å². The van der Waals surface area contributed by atoms with Crippen LogP contribution in [0.15, 0.2) is 24.8 Å². The van der Waals surface area contributed by atoms with Gasteiger partial charge in [0, 0.05) is 11.6 Å². The summed E-state index contributed by atoms with van der Waals surface area (Å²) in [5.41, 5.74) is 0.307. The zero-order chi connectivity index (χ0) is 12.1. The molecule has 86 valence electrons. The molecule has 0 bridgehead atoms. The fraction of sp³-hybridized carbons (Fsp3) is 0.182. The van der Waals surface area contributed by atoms with Crippen molar-refractivity contribution in [2.75, 3.05) is 13.7 Å². The van der Waals surface area contributed by atoms with Gasteiger partial charge in [0.15, 0.2) is 0 Å². The Bertz CT molecular complexity index is 419. The molecule has 0 radical (unpaired) electrons. The van der Waals surface area contributed by atoms with Crippen LogP contribution < -0.4 is 10.1 Å². The number of ether oxygens (including phenoxy) is 1. The van der Waals surface area contributed by atoms with Crippen LogP contribution in [0.3, 0.4) is 0 Å². The van der Waals surface area contributed by atoms with Crippen molar-refractivity contribution in [3.63, 3.8) is 0 Å². The molecule has 0 aromatic heterocycles. The molecule has 5 heteroatoms. The Labute approximate surface area is 104 Å². The van der Waals surface area contributed by atoms with E-state index < -0.39 is 0 Å². The van der Waals surface area contributed by atoms with Crippen LogP contribution in [0.1, 0.15) is 10.4 Å². The maximum Gasteiger partial charge on any atom is 0.255 e. The zero-order valence-electron chi connectivity index (χ0n) is 8.72. The number of methoxy groups -OCH3 is 1. The molecule has 0 saturated heterocycles. The third kappa shape index (κ3) is 2.90. The first-order valence-corrected chi connectivity index (χ1v) is 5.28. The van der Waals surface area contributed by atoms with E-state index in [-0.39, 0.29) is 5.91 Å². The van der Waals surface area contributed by atoms with E-state index in [0.29, 0.717) is 27.9 Å². The van der Waals surface area contributed by atoms with E-state index in [1.807, 2.05) is 0 Å². The second-order valence-corrected chi connectivity index (χ2v) is 3.81. The second kappa shape index (κ2) is 5.77. The number of amides is 1. The van der Waals surface area contributed by atoms with Crippen molar-refractivity contribution in [2.45, 2.75) is 0 Å². The molecule has 0 aliphatic carbocycles. The highest BCUT2D eigenvalue weighted by molar-refractivity contribution is 6.36. The lowest BCUT2D eigenvalue weighted by molar-refractivity contribution is 0.0955. The van der Waals surface area contributed by atoms with Gasteiger partial charge in [0.05, 0.1) is 17.7 Å². The van der Waals surface area contributed by atoms with Crippen molar-refractivity contribution in [3.05, 3.63) is 40.4 Å². The Morgan fingerprint density at radius 1 is 1.56 bits per heavy atom. The van der Waals surface area contributed by atoms with Gasteiger partial charge in [-0.1, -0.05) is 29.3 Å². The smallest absolute Gasteiger partial charge is 0.255 e. The number of hydrogen-bond acceptors (Lipinski definition) is 2. The van der Waals surface area contributed by atoms with Crippen LogP contribution in [0.4, 0.5) is 0 Å². The van der Waals surface area contributed by atoms with Crippen LogP contribution in [-0.4, -0.2) is 19.6 Å². The molecule has 0 saturated carbocycles. The highest BCUT2D eigenvalue weighted by Gasteiger charge is 2.15. The Hall–Kier alpha value is -1.19. The normalized spacial score (nSPS) is 9.69.